The quantitative estimate of drug-likeness (QED) is 0.254. The molecule has 0 unspecified atom stereocenters. The van der Waals surface area contributed by atoms with Gasteiger partial charge in [0.2, 0.25) is 0 Å². The van der Waals surface area contributed by atoms with E-state index in [1.54, 1.807) is 13.3 Å². The van der Waals surface area contributed by atoms with Gasteiger partial charge in [-0.05, 0) is 80.8 Å². The third kappa shape index (κ3) is 7.13. The van der Waals surface area contributed by atoms with Crippen LogP contribution in [0.3, 0.4) is 0 Å². The van der Waals surface area contributed by atoms with Crippen molar-refractivity contribution in [3.05, 3.63) is 70.8 Å². The molecule has 0 saturated heterocycles. The predicted molar refractivity (Wildman–Crippen MR) is 129 cm³/mol. The Labute approximate surface area is 192 Å². The molecule has 0 aliphatic heterocycles. The molecule has 0 bridgehead atoms. The van der Waals surface area contributed by atoms with Gasteiger partial charge in [0.1, 0.15) is 25.2 Å². The molecule has 5 heteroatoms. The molecule has 0 heterocycles. The van der Waals surface area contributed by atoms with E-state index in [0.717, 1.165) is 53.9 Å². The molecule has 0 aromatic heterocycles. The van der Waals surface area contributed by atoms with Crippen LogP contribution < -0.4 is 9.47 Å². The highest BCUT2D eigenvalue weighted by atomic mass is 16.6. The SMILES string of the molecule is C/C=C/COc1cc(C)c(OC2CCC(OCc3ccc(/C=N\OC)cc3)CC2)c(C)c1. The molecule has 172 valence electrons. The van der Waals surface area contributed by atoms with Crippen molar-refractivity contribution in [2.75, 3.05) is 13.7 Å². The van der Waals surface area contributed by atoms with Gasteiger partial charge < -0.3 is 19.0 Å². The average molecular weight is 438 g/mol. The third-order valence-electron chi connectivity index (χ3n) is 5.69. The molecule has 3 rings (SSSR count). The van der Waals surface area contributed by atoms with Gasteiger partial charge in [-0.15, -0.1) is 0 Å². The lowest BCUT2D eigenvalue weighted by Gasteiger charge is -2.30. The number of hydrogen-bond acceptors (Lipinski definition) is 5. The standard InChI is InChI=1S/C27H35NO4/c1-5-6-15-30-26-16-20(2)27(21(3)17-26)32-25-13-11-24(12-14-25)31-19-23-9-7-22(8-10-23)18-28-29-4/h5-10,16-18,24-25H,11-15,19H2,1-4H3/b6-5+,28-18-. The van der Waals surface area contributed by atoms with Gasteiger partial charge >= 0.3 is 0 Å². The highest BCUT2D eigenvalue weighted by molar-refractivity contribution is 5.79. The van der Waals surface area contributed by atoms with E-state index in [1.807, 2.05) is 31.2 Å². The molecule has 0 radical (unpaired) electrons. The highest BCUT2D eigenvalue weighted by Crippen LogP contribution is 2.32. The fourth-order valence-electron chi connectivity index (χ4n) is 3.93. The van der Waals surface area contributed by atoms with Crippen LogP contribution in [0.1, 0.15) is 54.9 Å². The van der Waals surface area contributed by atoms with Gasteiger partial charge in [0.25, 0.3) is 0 Å². The summed E-state index contributed by atoms with van der Waals surface area (Å²) in [6.45, 7) is 7.39. The summed E-state index contributed by atoms with van der Waals surface area (Å²) in [7, 11) is 1.54. The summed E-state index contributed by atoms with van der Waals surface area (Å²) in [6.07, 6.45) is 10.3. The zero-order valence-electron chi connectivity index (χ0n) is 19.7. The number of oxime groups is 1. The fraction of sp³-hybridized carbons (Fsp3) is 0.444. The van der Waals surface area contributed by atoms with E-state index < -0.39 is 0 Å². The first-order valence-corrected chi connectivity index (χ1v) is 11.4. The van der Waals surface area contributed by atoms with E-state index in [2.05, 4.69) is 43.3 Å². The minimum absolute atomic E-state index is 0.237. The first-order chi connectivity index (χ1) is 15.6. The second kappa shape index (κ2) is 12.3. The van der Waals surface area contributed by atoms with Crippen LogP contribution in [0.5, 0.6) is 11.5 Å². The van der Waals surface area contributed by atoms with Gasteiger partial charge in [-0.3, -0.25) is 0 Å². The summed E-state index contributed by atoms with van der Waals surface area (Å²) in [5.74, 6) is 1.88. The zero-order chi connectivity index (χ0) is 22.8. The lowest BCUT2D eigenvalue weighted by Crippen LogP contribution is -2.28. The van der Waals surface area contributed by atoms with Crippen molar-refractivity contribution in [3.8, 4) is 11.5 Å². The van der Waals surface area contributed by atoms with Crippen LogP contribution in [-0.4, -0.2) is 32.1 Å². The van der Waals surface area contributed by atoms with Crippen molar-refractivity contribution in [3.63, 3.8) is 0 Å². The lowest BCUT2D eigenvalue weighted by molar-refractivity contribution is -0.00682. The van der Waals surface area contributed by atoms with Crippen molar-refractivity contribution in [2.45, 2.75) is 65.3 Å². The summed E-state index contributed by atoms with van der Waals surface area (Å²) < 4.78 is 18.4. The summed E-state index contributed by atoms with van der Waals surface area (Å²) in [5, 5.41) is 3.78. The molecular weight excluding hydrogens is 402 g/mol. The van der Waals surface area contributed by atoms with Crippen molar-refractivity contribution in [2.24, 2.45) is 5.16 Å². The number of aryl methyl sites for hydroxylation is 2. The minimum Gasteiger partial charge on any atom is -0.490 e. The Hall–Kier alpha value is -2.79. The van der Waals surface area contributed by atoms with Crippen LogP contribution >= 0.6 is 0 Å². The lowest BCUT2D eigenvalue weighted by atomic mass is 9.94. The van der Waals surface area contributed by atoms with Crippen molar-refractivity contribution in [1.82, 2.24) is 0 Å². The molecule has 5 nitrogen and oxygen atoms in total. The van der Waals surface area contributed by atoms with E-state index in [-0.39, 0.29) is 12.2 Å². The number of hydrogen-bond donors (Lipinski definition) is 0. The summed E-state index contributed by atoms with van der Waals surface area (Å²) in [6, 6.07) is 12.3. The third-order valence-corrected chi connectivity index (χ3v) is 5.69. The average Bonchev–Trinajstić information content (AvgIpc) is 2.80. The Morgan fingerprint density at radius 1 is 0.969 bits per heavy atom. The maximum atomic E-state index is 6.41. The molecule has 2 aromatic carbocycles. The van der Waals surface area contributed by atoms with Crippen LogP contribution in [0.2, 0.25) is 0 Å². The topological polar surface area (TPSA) is 49.3 Å². The Morgan fingerprint density at radius 3 is 2.25 bits per heavy atom. The molecule has 0 amide bonds. The molecule has 32 heavy (non-hydrogen) atoms. The van der Waals surface area contributed by atoms with Gasteiger partial charge in [-0.25, -0.2) is 0 Å². The molecule has 1 saturated carbocycles. The van der Waals surface area contributed by atoms with E-state index in [0.29, 0.717) is 13.2 Å². The van der Waals surface area contributed by atoms with Crippen molar-refractivity contribution < 1.29 is 19.0 Å². The number of allylic oxidation sites excluding steroid dienone is 1. The first kappa shape index (κ1) is 23.9. The Bertz CT molecular complexity index is 873. The number of benzene rings is 2. The van der Waals surface area contributed by atoms with Gasteiger partial charge in [-0.2, -0.15) is 0 Å². The maximum absolute atomic E-state index is 6.41. The highest BCUT2D eigenvalue weighted by Gasteiger charge is 2.24. The first-order valence-electron chi connectivity index (χ1n) is 11.4. The van der Waals surface area contributed by atoms with E-state index in [9.17, 15) is 0 Å². The second-order valence-electron chi connectivity index (χ2n) is 8.25. The van der Waals surface area contributed by atoms with E-state index in [1.165, 1.54) is 5.56 Å². The Balaban J connectivity index is 1.45. The molecule has 2 aromatic rings. The number of ether oxygens (including phenoxy) is 3. The van der Waals surface area contributed by atoms with Crippen LogP contribution in [0.15, 0.2) is 53.7 Å². The minimum atomic E-state index is 0.237. The zero-order valence-corrected chi connectivity index (χ0v) is 19.7. The molecule has 0 N–H and O–H groups in total. The largest absolute Gasteiger partial charge is 0.490 e. The van der Waals surface area contributed by atoms with E-state index in [4.69, 9.17) is 19.0 Å². The van der Waals surface area contributed by atoms with Gasteiger partial charge in [0, 0.05) is 0 Å². The fourth-order valence-corrected chi connectivity index (χ4v) is 3.93. The smallest absolute Gasteiger partial charge is 0.125 e. The van der Waals surface area contributed by atoms with Crippen molar-refractivity contribution in [1.29, 1.82) is 0 Å². The van der Waals surface area contributed by atoms with Gasteiger partial charge in [-0.1, -0.05) is 41.6 Å². The molecule has 0 atom stereocenters. The summed E-state index contributed by atoms with van der Waals surface area (Å²) in [5.41, 5.74) is 4.42. The van der Waals surface area contributed by atoms with Crippen LogP contribution in [-0.2, 0) is 16.2 Å². The number of nitrogens with zero attached hydrogens (tertiary/aromatic N) is 1. The monoisotopic (exact) mass is 437 g/mol. The molecular formula is C27H35NO4. The molecule has 1 fully saturated rings. The predicted octanol–water partition coefficient (Wildman–Crippen LogP) is 6.15. The van der Waals surface area contributed by atoms with Gasteiger partial charge in [0.05, 0.1) is 25.0 Å². The van der Waals surface area contributed by atoms with Crippen LogP contribution in [0, 0.1) is 13.8 Å². The van der Waals surface area contributed by atoms with E-state index >= 15 is 0 Å². The number of rotatable bonds is 10. The van der Waals surface area contributed by atoms with Crippen LogP contribution in [0.25, 0.3) is 0 Å². The second-order valence-corrected chi connectivity index (χ2v) is 8.25. The molecule has 1 aliphatic rings. The summed E-state index contributed by atoms with van der Waals surface area (Å²) in [4.78, 5) is 4.71. The Kier molecular flexibility index (Phi) is 9.17. The van der Waals surface area contributed by atoms with Crippen LogP contribution in [0.4, 0.5) is 0 Å². The van der Waals surface area contributed by atoms with Gasteiger partial charge in [0.15, 0.2) is 0 Å². The van der Waals surface area contributed by atoms with Crippen molar-refractivity contribution >= 4 is 6.21 Å². The molecule has 0 spiro atoms. The summed E-state index contributed by atoms with van der Waals surface area (Å²) >= 11 is 0. The Morgan fingerprint density at radius 2 is 1.62 bits per heavy atom. The maximum Gasteiger partial charge on any atom is 0.125 e. The normalized spacial score (nSPS) is 18.9. The molecule has 1 aliphatic carbocycles.